The Bertz CT molecular complexity index is 596. The first-order valence-corrected chi connectivity index (χ1v) is 7.85. The van der Waals surface area contributed by atoms with Gasteiger partial charge in [-0.1, -0.05) is 32.6 Å². The van der Waals surface area contributed by atoms with Crippen molar-refractivity contribution in [3.63, 3.8) is 0 Å². The third-order valence-electron chi connectivity index (χ3n) is 2.45. The number of aromatic nitrogens is 2. The van der Waals surface area contributed by atoms with E-state index in [0.717, 1.165) is 0 Å². The fraction of sp³-hybridized carbons (Fsp3) is 0.353. The Morgan fingerprint density at radius 3 is 2.57 bits per heavy atom. The number of esters is 1. The summed E-state index contributed by atoms with van der Waals surface area (Å²) in [6.45, 7) is 13.2. The van der Waals surface area contributed by atoms with Crippen LogP contribution in [-0.2, 0) is 4.74 Å². The maximum Gasteiger partial charge on any atom is 0.343 e. The van der Waals surface area contributed by atoms with Crippen LogP contribution in [0, 0.1) is 6.92 Å². The molecule has 0 aliphatic heterocycles. The predicted octanol–water partition coefficient (Wildman–Crippen LogP) is 4.70. The van der Waals surface area contributed by atoms with Crippen LogP contribution in [0.2, 0.25) is 5.28 Å². The van der Waals surface area contributed by atoms with Crippen LogP contribution >= 0.6 is 11.6 Å². The third kappa shape index (κ3) is 6.65. The van der Waals surface area contributed by atoms with Crippen LogP contribution < -0.4 is 5.32 Å². The number of anilines is 1. The number of carbonyl (C=O) groups is 1. The lowest BCUT2D eigenvalue weighted by Gasteiger charge is -2.13. The van der Waals surface area contributed by atoms with E-state index in [2.05, 4.69) is 21.9 Å². The number of hydrogen-bond acceptors (Lipinski definition) is 5. The number of rotatable bonds is 6. The SMILES string of the molecule is C=C/C=C(\C=C/C)Nc1nc(Cl)nc(C)c1C(=O)OCC.CC. The summed E-state index contributed by atoms with van der Waals surface area (Å²) in [6.07, 6.45) is 7.05. The lowest BCUT2D eigenvalue weighted by Crippen LogP contribution is -2.14. The zero-order valence-electron chi connectivity index (χ0n) is 14.3. The Balaban J connectivity index is 0.00000232. The quantitative estimate of drug-likeness (QED) is 0.463. The van der Waals surface area contributed by atoms with Crippen molar-refractivity contribution in [2.45, 2.75) is 34.6 Å². The molecule has 5 nitrogen and oxygen atoms in total. The molecule has 0 bridgehead atoms. The Kier molecular flexibility index (Phi) is 10.4. The summed E-state index contributed by atoms with van der Waals surface area (Å²) in [4.78, 5) is 20.1. The molecule has 1 aromatic rings. The van der Waals surface area contributed by atoms with Gasteiger partial charge in [-0.2, -0.15) is 4.98 Å². The molecule has 0 saturated heterocycles. The maximum absolute atomic E-state index is 12.1. The predicted molar refractivity (Wildman–Crippen MR) is 95.8 cm³/mol. The second-order valence-corrected chi connectivity index (χ2v) is 4.34. The smallest absolute Gasteiger partial charge is 0.343 e. The summed E-state index contributed by atoms with van der Waals surface area (Å²) in [6, 6.07) is 0. The highest BCUT2D eigenvalue weighted by Gasteiger charge is 2.19. The zero-order chi connectivity index (χ0) is 17.8. The second-order valence-electron chi connectivity index (χ2n) is 4.00. The van der Waals surface area contributed by atoms with Crippen molar-refractivity contribution >= 4 is 23.4 Å². The standard InChI is InChI=1S/C15H18ClN3O2.C2H6/c1-5-8-11(9-6-2)18-13-12(14(20)21-7-3)10(4)17-15(16)19-13;1-2/h5-6,8-9H,1,7H2,2-4H3,(H,17,18,19);1-2H3/b9-6-,11-8+;. The van der Waals surface area contributed by atoms with Gasteiger partial charge in [0.05, 0.1) is 12.3 Å². The third-order valence-corrected chi connectivity index (χ3v) is 2.62. The summed E-state index contributed by atoms with van der Waals surface area (Å²) in [5, 5.41) is 3.09. The maximum atomic E-state index is 12.1. The van der Waals surface area contributed by atoms with Gasteiger partial charge in [-0.25, -0.2) is 9.78 Å². The molecule has 0 aliphatic rings. The summed E-state index contributed by atoms with van der Waals surface area (Å²) in [7, 11) is 0. The van der Waals surface area contributed by atoms with Gasteiger partial charge in [-0.05, 0) is 44.5 Å². The van der Waals surface area contributed by atoms with E-state index < -0.39 is 5.97 Å². The van der Waals surface area contributed by atoms with Crippen LogP contribution in [0.15, 0.2) is 36.6 Å². The molecule has 0 amide bonds. The van der Waals surface area contributed by atoms with Gasteiger partial charge in [-0.3, -0.25) is 0 Å². The monoisotopic (exact) mass is 337 g/mol. The molecule has 0 atom stereocenters. The number of nitrogens with one attached hydrogen (secondary N) is 1. The first-order chi connectivity index (χ1) is 11.0. The van der Waals surface area contributed by atoms with E-state index in [-0.39, 0.29) is 17.5 Å². The molecule has 0 aliphatic carbocycles. The average molecular weight is 338 g/mol. The summed E-state index contributed by atoms with van der Waals surface area (Å²) in [5.74, 6) is -0.190. The van der Waals surface area contributed by atoms with E-state index in [9.17, 15) is 4.79 Å². The minimum Gasteiger partial charge on any atom is -0.462 e. The molecule has 0 spiro atoms. The van der Waals surface area contributed by atoms with Crippen molar-refractivity contribution < 1.29 is 9.53 Å². The molecule has 126 valence electrons. The summed E-state index contributed by atoms with van der Waals surface area (Å²) >= 11 is 5.87. The molecule has 1 aromatic heterocycles. The number of nitrogens with zero attached hydrogens (tertiary/aromatic N) is 2. The van der Waals surface area contributed by atoms with Gasteiger partial charge in [0.15, 0.2) is 0 Å². The van der Waals surface area contributed by atoms with Gasteiger partial charge in [0.25, 0.3) is 0 Å². The molecule has 1 heterocycles. The molecular weight excluding hydrogens is 314 g/mol. The fourth-order valence-corrected chi connectivity index (χ4v) is 1.87. The molecule has 6 heteroatoms. The molecule has 1 N–H and O–H groups in total. The minimum atomic E-state index is -0.493. The Morgan fingerprint density at radius 1 is 1.39 bits per heavy atom. The number of hydrogen-bond donors (Lipinski definition) is 1. The first-order valence-electron chi connectivity index (χ1n) is 7.47. The van der Waals surface area contributed by atoms with E-state index in [4.69, 9.17) is 16.3 Å². The molecule has 0 saturated carbocycles. The van der Waals surface area contributed by atoms with Gasteiger partial charge >= 0.3 is 5.97 Å². The van der Waals surface area contributed by atoms with Crippen LogP contribution in [0.4, 0.5) is 5.82 Å². The molecule has 23 heavy (non-hydrogen) atoms. The van der Waals surface area contributed by atoms with E-state index in [1.165, 1.54) is 0 Å². The van der Waals surface area contributed by atoms with Gasteiger partial charge < -0.3 is 10.1 Å². The van der Waals surface area contributed by atoms with Gasteiger partial charge in [-0.15, -0.1) is 0 Å². The first kappa shape index (κ1) is 20.9. The van der Waals surface area contributed by atoms with Crippen molar-refractivity contribution in [2.24, 2.45) is 0 Å². The van der Waals surface area contributed by atoms with Gasteiger partial charge in [0.2, 0.25) is 5.28 Å². The molecule has 0 fully saturated rings. The summed E-state index contributed by atoms with van der Waals surface area (Å²) < 4.78 is 5.03. The lowest BCUT2D eigenvalue weighted by atomic mass is 10.2. The van der Waals surface area contributed by atoms with E-state index in [0.29, 0.717) is 17.2 Å². The van der Waals surface area contributed by atoms with Crippen molar-refractivity contribution in [3.8, 4) is 0 Å². The van der Waals surface area contributed by atoms with Gasteiger partial charge in [0.1, 0.15) is 11.4 Å². The normalized spacial score (nSPS) is 10.8. The van der Waals surface area contributed by atoms with E-state index in [1.54, 1.807) is 26.0 Å². The highest BCUT2D eigenvalue weighted by atomic mass is 35.5. The van der Waals surface area contributed by atoms with Crippen LogP contribution in [0.3, 0.4) is 0 Å². The van der Waals surface area contributed by atoms with Crippen molar-refractivity contribution in [1.82, 2.24) is 9.97 Å². The topological polar surface area (TPSA) is 64.1 Å². The minimum absolute atomic E-state index is 0.0569. The van der Waals surface area contributed by atoms with Crippen molar-refractivity contribution in [2.75, 3.05) is 11.9 Å². The molecule has 0 radical (unpaired) electrons. The van der Waals surface area contributed by atoms with E-state index >= 15 is 0 Å². The van der Waals surface area contributed by atoms with E-state index in [1.807, 2.05) is 32.9 Å². The molecular formula is C17H24ClN3O2. The highest BCUT2D eigenvalue weighted by Crippen LogP contribution is 2.21. The Labute approximate surface area is 143 Å². The zero-order valence-corrected chi connectivity index (χ0v) is 15.1. The highest BCUT2D eigenvalue weighted by molar-refractivity contribution is 6.28. The largest absolute Gasteiger partial charge is 0.462 e. The molecule has 1 rings (SSSR count). The molecule has 0 unspecified atom stereocenters. The van der Waals surface area contributed by atoms with Crippen LogP contribution in [0.25, 0.3) is 0 Å². The van der Waals surface area contributed by atoms with Crippen LogP contribution in [-0.4, -0.2) is 22.5 Å². The summed E-state index contributed by atoms with van der Waals surface area (Å²) in [5.41, 5.74) is 1.43. The Morgan fingerprint density at radius 2 is 2.04 bits per heavy atom. The Hall–Kier alpha value is -2.14. The van der Waals surface area contributed by atoms with Gasteiger partial charge in [0, 0.05) is 5.70 Å². The fourth-order valence-electron chi connectivity index (χ4n) is 1.66. The van der Waals surface area contributed by atoms with Crippen LogP contribution in [0.5, 0.6) is 0 Å². The van der Waals surface area contributed by atoms with Crippen molar-refractivity contribution in [1.29, 1.82) is 0 Å². The number of ether oxygens (including phenoxy) is 1. The average Bonchev–Trinajstić information content (AvgIpc) is 2.49. The number of allylic oxidation sites excluding steroid dienone is 4. The number of carbonyl (C=O) groups excluding carboxylic acids is 1. The lowest BCUT2D eigenvalue weighted by molar-refractivity contribution is 0.0525. The molecule has 0 aromatic carbocycles. The number of aryl methyl sites for hydroxylation is 1. The van der Waals surface area contributed by atoms with Crippen molar-refractivity contribution in [3.05, 3.63) is 53.1 Å². The second kappa shape index (κ2) is 11.4. The number of halogens is 1. The van der Waals surface area contributed by atoms with Crippen LogP contribution in [0.1, 0.15) is 43.7 Å².